The van der Waals surface area contributed by atoms with Crippen LogP contribution in [0.5, 0.6) is 11.5 Å². The van der Waals surface area contributed by atoms with Gasteiger partial charge in [-0.1, -0.05) is 0 Å². The lowest BCUT2D eigenvalue weighted by Gasteiger charge is -2.10. The molecular weight excluding hydrogens is 500 g/mol. The fourth-order valence-corrected chi connectivity index (χ4v) is 4.22. The summed E-state index contributed by atoms with van der Waals surface area (Å²) in [7, 11) is -0.790. The van der Waals surface area contributed by atoms with Crippen LogP contribution >= 0.6 is 15.9 Å². The SMILES string of the molecule is COc1cc(C=CC(=O)Nc2ccc(S(=O)(=O)Nc3ncccn3)cc2)cc(Br)c1OC. The normalized spacial score (nSPS) is 11.2. The summed E-state index contributed by atoms with van der Waals surface area (Å²) in [5, 5.41) is 2.67. The predicted octanol–water partition coefficient (Wildman–Crippen LogP) is 3.71. The molecule has 0 spiro atoms. The zero-order valence-electron chi connectivity index (χ0n) is 17.1. The van der Waals surface area contributed by atoms with E-state index in [0.717, 1.165) is 5.56 Å². The third-order valence-corrected chi connectivity index (χ3v) is 6.04. The van der Waals surface area contributed by atoms with E-state index in [4.69, 9.17) is 9.47 Å². The largest absolute Gasteiger partial charge is 0.493 e. The quantitative estimate of drug-likeness (QED) is 0.436. The zero-order chi connectivity index (χ0) is 23.1. The first-order chi connectivity index (χ1) is 15.3. The van der Waals surface area contributed by atoms with Crippen molar-refractivity contribution in [1.82, 2.24) is 9.97 Å². The molecule has 0 bridgehead atoms. The number of methoxy groups -OCH3 is 2. The first-order valence-electron chi connectivity index (χ1n) is 9.13. The number of benzene rings is 2. The van der Waals surface area contributed by atoms with Gasteiger partial charge in [0.05, 0.1) is 23.6 Å². The minimum atomic E-state index is -3.85. The molecule has 0 aliphatic rings. The molecule has 0 aliphatic heterocycles. The van der Waals surface area contributed by atoms with Crippen LogP contribution in [0.3, 0.4) is 0 Å². The number of carbonyl (C=O) groups excluding carboxylic acids is 1. The number of aromatic nitrogens is 2. The van der Waals surface area contributed by atoms with Gasteiger partial charge in [0.1, 0.15) is 0 Å². The second-order valence-corrected chi connectivity index (χ2v) is 8.80. The Morgan fingerprint density at radius 3 is 2.38 bits per heavy atom. The minimum absolute atomic E-state index is 0.00803. The van der Waals surface area contributed by atoms with Gasteiger partial charge in [0.25, 0.3) is 10.0 Å². The maximum absolute atomic E-state index is 12.4. The highest BCUT2D eigenvalue weighted by atomic mass is 79.9. The van der Waals surface area contributed by atoms with Gasteiger partial charge < -0.3 is 14.8 Å². The van der Waals surface area contributed by atoms with Crippen LogP contribution in [0.1, 0.15) is 5.56 Å². The number of halogens is 1. The monoisotopic (exact) mass is 518 g/mol. The highest BCUT2D eigenvalue weighted by Gasteiger charge is 2.15. The summed E-state index contributed by atoms with van der Waals surface area (Å²) >= 11 is 3.40. The van der Waals surface area contributed by atoms with Gasteiger partial charge in [0.2, 0.25) is 11.9 Å². The molecule has 9 nitrogen and oxygen atoms in total. The van der Waals surface area contributed by atoms with Crippen molar-refractivity contribution < 1.29 is 22.7 Å². The molecule has 1 amide bonds. The number of hydrogen-bond donors (Lipinski definition) is 2. The van der Waals surface area contributed by atoms with E-state index < -0.39 is 10.0 Å². The van der Waals surface area contributed by atoms with Crippen LogP contribution in [-0.4, -0.2) is 38.5 Å². The Morgan fingerprint density at radius 1 is 1.06 bits per heavy atom. The van der Waals surface area contributed by atoms with Crippen molar-refractivity contribution in [1.29, 1.82) is 0 Å². The van der Waals surface area contributed by atoms with Crippen molar-refractivity contribution in [3.8, 4) is 11.5 Å². The van der Waals surface area contributed by atoms with E-state index in [1.807, 2.05) is 0 Å². The highest BCUT2D eigenvalue weighted by Crippen LogP contribution is 2.36. The van der Waals surface area contributed by atoms with Crippen LogP contribution in [0.4, 0.5) is 11.6 Å². The molecule has 2 N–H and O–H groups in total. The molecule has 3 rings (SSSR count). The van der Waals surface area contributed by atoms with Crippen LogP contribution in [0.25, 0.3) is 6.08 Å². The Bertz CT molecular complexity index is 1230. The van der Waals surface area contributed by atoms with Gasteiger partial charge in [-0.2, -0.15) is 0 Å². The Balaban J connectivity index is 1.67. The molecule has 0 aliphatic carbocycles. The molecule has 1 heterocycles. The van der Waals surface area contributed by atoms with Crippen LogP contribution in [-0.2, 0) is 14.8 Å². The van der Waals surface area contributed by atoms with Gasteiger partial charge in [-0.3, -0.25) is 4.79 Å². The second-order valence-electron chi connectivity index (χ2n) is 6.26. The van der Waals surface area contributed by atoms with E-state index in [9.17, 15) is 13.2 Å². The molecule has 11 heteroatoms. The lowest BCUT2D eigenvalue weighted by atomic mass is 10.2. The smallest absolute Gasteiger partial charge is 0.264 e. The molecule has 0 radical (unpaired) electrons. The number of amides is 1. The van der Waals surface area contributed by atoms with E-state index >= 15 is 0 Å². The van der Waals surface area contributed by atoms with Crippen molar-refractivity contribution in [2.75, 3.05) is 24.3 Å². The summed E-state index contributed by atoms with van der Waals surface area (Å²) in [5.41, 5.74) is 1.16. The van der Waals surface area contributed by atoms with Gasteiger partial charge in [-0.05, 0) is 70.0 Å². The summed E-state index contributed by atoms with van der Waals surface area (Å²) in [5.74, 6) is 0.657. The molecule has 0 unspecified atom stereocenters. The van der Waals surface area contributed by atoms with Crippen molar-refractivity contribution >= 4 is 49.6 Å². The van der Waals surface area contributed by atoms with E-state index in [1.54, 1.807) is 24.3 Å². The van der Waals surface area contributed by atoms with Crippen LogP contribution in [0.15, 0.2) is 70.3 Å². The molecule has 2 aromatic carbocycles. The van der Waals surface area contributed by atoms with Crippen molar-refractivity contribution in [3.05, 3.63) is 71.0 Å². The van der Waals surface area contributed by atoms with E-state index in [1.165, 1.54) is 57.0 Å². The van der Waals surface area contributed by atoms with Crippen LogP contribution in [0, 0.1) is 0 Å². The summed E-state index contributed by atoms with van der Waals surface area (Å²) in [4.78, 5) is 19.9. The number of hydrogen-bond acceptors (Lipinski definition) is 7. The number of anilines is 2. The lowest BCUT2D eigenvalue weighted by molar-refractivity contribution is -0.111. The summed E-state index contributed by atoms with van der Waals surface area (Å²) in [6, 6.07) is 10.8. The van der Waals surface area contributed by atoms with Crippen molar-refractivity contribution in [2.24, 2.45) is 0 Å². The third kappa shape index (κ3) is 5.83. The number of ether oxygens (including phenoxy) is 2. The first kappa shape index (κ1) is 23.2. The Morgan fingerprint density at radius 2 is 1.75 bits per heavy atom. The molecule has 0 saturated carbocycles. The Kier molecular flexibility index (Phi) is 7.44. The topological polar surface area (TPSA) is 120 Å². The van der Waals surface area contributed by atoms with Gasteiger partial charge in [0, 0.05) is 24.2 Å². The average molecular weight is 519 g/mol. The minimum Gasteiger partial charge on any atom is -0.493 e. The maximum atomic E-state index is 12.4. The molecule has 0 fully saturated rings. The number of sulfonamides is 1. The fraction of sp³-hybridized carbons (Fsp3) is 0.0952. The van der Waals surface area contributed by atoms with Crippen molar-refractivity contribution in [3.63, 3.8) is 0 Å². The number of nitrogens with one attached hydrogen (secondary N) is 2. The van der Waals surface area contributed by atoms with Gasteiger partial charge in [-0.25, -0.2) is 23.1 Å². The molecular formula is C21H19BrN4O5S. The maximum Gasteiger partial charge on any atom is 0.264 e. The predicted molar refractivity (Wildman–Crippen MR) is 124 cm³/mol. The molecule has 166 valence electrons. The second kappa shape index (κ2) is 10.2. The summed E-state index contributed by atoms with van der Waals surface area (Å²) < 4.78 is 38.3. The van der Waals surface area contributed by atoms with Crippen LogP contribution < -0.4 is 19.5 Å². The number of rotatable bonds is 8. The van der Waals surface area contributed by atoms with Gasteiger partial charge in [0.15, 0.2) is 11.5 Å². The third-order valence-electron chi connectivity index (χ3n) is 4.11. The van der Waals surface area contributed by atoms with Crippen LogP contribution in [0.2, 0.25) is 0 Å². The number of nitrogens with zero attached hydrogens (tertiary/aromatic N) is 2. The van der Waals surface area contributed by atoms with E-state index in [2.05, 4.69) is 35.9 Å². The summed E-state index contributed by atoms with van der Waals surface area (Å²) in [6.45, 7) is 0. The van der Waals surface area contributed by atoms with Gasteiger partial charge in [-0.15, -0.1) is 0 Å². The van der Waals surface area contributed by atoms with E-state index in [-0.39, 0.29) is 16.8 Å². The number of carbonyl (C=O) groups is 1. The molecule has 32 heavy (non-hydrogen) atoms. The molecule has 1 aromatic heterocycles. The highest BCUT2D eigenvalue weighted by molar-refractivity contribution is 9.10. The molecule has 0 saturated heterocycles. The molecule has 0 atom stereocenters. The molecule has 3 aromatic rings. The standard InChI is InChI=1S/C21H19BrN4O5S/c1-30-18-13-14(12-17(22)20(18)31-2)4-9-19(27)25-15-5-7-16(8-6-15)32(28,29)26-21-23-10-3-11-24-21/h3-13H,1-2H3,(H,25,27)(H,23,24,26). The van der Waals surface area contributed by atoms with E-state index in [0.29, 0.717) is 21.7 Å². The Labute approximate surface area is 193 Å². The Hall–Kier alpha value is -3.44. The lowest BCUT2D eigenvalue weighted by Crippen LogP contribution is -2.15. The fourth-order valence-electron chi connectivity index (χ4n) is 2.64. The zero-order valence-corrected chi connectivity index (χ0v) is 19.5. The van der Waals surface area contributed by atoms with Crippen molar-refractivity contribution in [2.45, 2.75) is 4.90 Å². The average Bonchev–Trinajstić information content (AvgIpc) is 2.78. The summed E-state index contributed by atoms with van der Waals surface area (Å²) in [6.07, 6.45) is 5.83. The first-order valence-corrected chi connectivity index (χ1v) is 11.4. The van der Waals surface area contributed by atoms with Gasteiger partial charge >= 0.3 is 0 Å².